The van der Waals surface area contributed by atoms with E-state index in [0.717, 1.165) is 24.1 Å². The lowest BCUT2D eigenvalue weighted by Gasteiger charge is -2.33. The van der Waals surface area contributed by atoms with Gasteiger partial charge < -0.3 is 19.8 Å². The maximum Gasteiger partial charge on any atom is 0.345 e. The normalized spacial score (nSPS) is 21.4. The summed E-state index contributed by atoms with van der Waals surface area (Å²) in [7, 11) is 0. The summed E-state index contributed by atoms with van der Waals surface area (Å²) in [6.45, 7) is 0.512. The first-order chi connectivity index (χ1) is 14.6. The summed E-state index contributed by atoms with van der Waals surface area (Å²) in [5.41, 5.74) is 6.41. The van der Waals surface area contributed by atoms with Crippen LogP contribution in [0, 0.1) is 11.3 Å². The van der Waals surface area contributed by atoms with Crippen LogP contribution in [-0.4, -0.2) is 12.5 Å². The molecule has 0 saturated carbocycles. The molecule has 3 aliphatic rings. The first-order valence-corrected chi connectivity index (χ1v) is 9.68. The van der Waals surface area contributed by atoms with E-state index in [2.05, 4.69) is 6.07 Å². The third-order valence-electron chi connectivity index (χ3n) is 6.27. The van der Waals surface area contributed by atoms with Gasteiger partial charge in [0.15, 0.2) is 11.2 Å². The van der Waals surface area contributed by atoms with Gasteiger partial charge in [0.1, 0.15) is 22.8 Å². The number of benzene rings is 2. The van der Waals surface area contributed by atoms with Crippen LogP contribution >= 0.6 is 0 Å². The number of hydrogen-bond acceptors (Lipinski definition) is 6. The number of fused-ring (bicyclic) bond motifs is 5. The van der Waals surface area contributed by atoms with Crippen molar-refractivity contribution in [3.8, 4) is 11.8 Å². The molecule has 3 aromatic rings. The standard InChI is InChI=1S/C23H15N3O4/c24-11-15-20(25)30-19-13-7-1-2-9-16(13)29-21(27)17(19)23(15)14-8-3-5-12-6-4-10-26(18(12)14)22(23)28/h1-3,5,7-9H,4,6,10,25H2/t23-/m0/s1. The summed E-state index contributed by atoms with van der Waals surface area (Å²) >= 11 is 0. The second-order valence-electron chi connectivity index (χ2n) is 7.67. The van der Waals surface area contributed by atoms with E-state index < -0.39 is 11.0 Å². The topological polar surface area (TPSA) is 110 Å². The van der Waals surface area contributed by atoms with Crippen molar-refractivity contribution in [3.63, 3.8) is 0 Å². The molecule has 0 radical (unpaired) electrons. The van der Waals surface area contributed by atoms with Crippen molar-refractivity contribution in [3.05, 3.63) is 81.0 Å². The lowest BCUT2D eigenvalue weighted by molar-refractivity contribution is -0.121. The number of amides is 1. The maximum atomic E-state index is 14.0. The Labute approximate surface area is 170 Å². The Morgan fingerprint density at radius 1 is 1.13 bits per heavy atom. The Bertz CT molecular complexity index is 1430. The van der Waals surface area contributed by atoms with Gasteiger partial charge in [0.25, 0.3) is 0 Å². The van der Waals surface area contributed by atoms with Gasteiger partial charge in [0.2, 0.25) is 11.8 Å². The van der Waals surface area contributed by atoms with E-state index in [-0.39, 0.29) is 28.7 Å². The minimum absolute atomic E-state index is 0.0137. The molecule has 0 bridgehead atoms. The molecular weight excluding hydrogens is 382 g/mol. The summed E-state index contributed by atoms with van der Waals surface area (Å²) in [5, 5.41) is 10.6. The molecule has 0 aliphatic carbocycles. The van der Waals surface area contributed by atoms with Gasteiger partial charge in [-0.05, 0) is 30.5 Å². The van der Waals surface area contributed by atoms with Crippen molar-refractivity contribution >= 4 is 22.6 Å². The molecule has 146 valence electrons. The zero-order chi connectivity index (χ0) is 20.6. The van der Waals surface area contributed by atoms with E-state index in [0.29, 0.717) is 23.1 Å². The van der Waals surface area contributed by atoms with Crippen LogP contribution in [0.25, 0.3) is 11.0 Å². The number of rotatable bonds is 0. The fourth-order valence-corrected chi connectivity index (χ4v) is 5.12. The predicted octanol–water partition coefficient (Wildman–Crippen LogP) is 2.46. The van der Waals surface area contributed by atoms with Gasteiger partial charge in [0, 0.05) is 12.1 Å². The van der Waals surface area contributed by atoms with Crippen molar-refractivity contribution in [1.82, 2.24) is 0 Å². The third-order valence-corrected chi connectivity index (χ3v) is 6.27. The maximum absolute atomic E-state index is 14.0. The van der Waals surface area contributed by atoms with Crippen LogP contribution in [0.4, 0.5) is 5.69 Å². The van der Waals surface area contributed by atoms with Crippen molar-refractivity contribution in [2.24, 2.45) is 5.73 Å². The van der Waals surface area contributed by atoms with Gasteiger partial charge in [-0.2, -0.15) is 5.26 Å². The van der Waals surface area contributed by atoms with Crippen LogP contribution in [-0.2, 0) is 16.6 Å². The number of para-hydroxylation sites is 2. The molecule has 0 fully saturated rings. The molecular formula is C23H15N3O4. The Balaban J connectivity index is 1.84. The van der Waals surface area contributed by atoms with Crippen molar-refractivity contribution in [2.75, 3.05) is 11.4 Å². The molecule has 1 atom stereocenters. The molecule has 0 saturated heterocycles. The number of carbonyl (C=O) groups is 1. The smallest absolute Gasteiger partial charge is 0.345 e. The number of nitrogens with two attached hydrogens (primary N) is 1. The van der Waals surface area contributed by atoms with Crippen LogP contribution in [0.2, 0.25) is 0 Å². The summed E-state index contributed by atoms with van der Waals surface area (Å²) in [6.07, 6.45) is 1.62. The number of nitriles is 1. The Morgan fingerprint density at radius 3 is 2.80 bits per heavy atom. The number of aryl methyl sites for hydroxylation is 1. The zero-order valence-corrected chi connectivity index (χ0v) is 15.8. The fraction of sp³-hybridized carbons (Fsp3) is 0.174. The first kappa shape index (κ1) is 16.9. The number of anilines is 1. The minimum Gasteiger partial charge on any atom is -0.439 e. The molecule has 2 N–H and O–H groups in total. The quantitative estimate of drug-likeness (QED) is 0.584. The number of carbonyl (C=O) groups excluding carboxylic acids is 1. The van der Waals surface area contributed by atoms with Crippen molar-refractivity contribution in [1.29, 1.82) is 5.26 Å². The van der Waals surface area contributed by atoms with Crippen LogP contribution in [0.5, 0.6) is 5.75 Å². The lowest BCUT2D eigenvalue weighted by atomic mass is 9.69. The average Bonchev–Trinajstić information content (AvgIpc) is 2.99. The monoisotopic (exact) mass is 397 g/mol. The Morgan fingerprint density at radius 2 is 1.97 bits per heavy atom. The van der Waals surface area contributed by atoms with Gasteiger partial charge in [0.05, 0.1) is 11.1 Å². The SMILES string of the molecule is N#CC1=C(N)Oc2c(c(=O)oc3ccccc23)[C@@]12C(=O)N1CCCc3cccc2c31. The molecule has 2 aromatic carbocycles. The summed E-state index contributed by atoms with van der Waals surface area (Å²) in [5.74, 6) is -0.369. The van der Waals surface area contributed by atoms with E-state index in [1.807, 2.05) is 12.1 Å². The predicted molar refractivity (Wildman–Crippen MR) is 108 cm³/mol. The Hall–Kier alpha value is -4.05. The van der Waals surface area contributed by atoms with Crippen LogP contribution in [0.3, 0.4) is 0 Å². The second kappa shape index (κ2) is 5.51. The van der Waals surface area contributed by atoms with E-state index in [1.54, 1.807) is 35.2 Å². The highest BCUT2D eigenvalue weighted by atomic mass is 16.5. The second-order valence-corrected chi connectivity index (χ2v) is 7.67. The average molecular weight is 397 g/mol. The van der Waals surface area contributed by atoms with Gasteiger partial charge in [-0.15, -0.1) is 0 Å². The number of ether oxygens (including phenoxy) is 1. The largest absolute Gasteiger partial charge is 0.439 e. The Kier molecular flexibility index (Phi) is 3.10. The number of nitrogens with zero attached hydrogens (tertiary/aromatic N) is 2. The van der Waals surface area contributed by atoms with Crippen LogP contribution < -0.4 is 21.0 Å². The molecule has 7 heteroatoms. The van der Waals surface area contributed by atoms with Gasteiger partial charge >= 0.3 is 5.63 Å². The first-order valence-electron chi connectivity index (χ1n) is 9.68. The molecule has 0 unspecified atom stereocenters. The van der Waals surface area contributed by atoms with E-state index in [1.165, 1.54) is 0 Å². The van der Waals surface area contributed by atoms with E-state index in [4.69, 9.17) is 14.9 Å². The van der Waals surface area contributed by atoms with Crippen LogP contribution in [0.15, 0.2) is 63.1 Å². The molecule has 30 heavy (non-hydrogen) atoms. The highest BCUT2D eigenvalue weighted by Crippen LogP contribution is 2.56. The third kappa shape index (κ3) is 1.75. The van der Waals surface area contributed by atoms with Gasteiger partial charge in [-0.1, -0.05) is 30.3 Å². The molecule has 3 aliphatic heterocycles. The summed E-state index contributed by atoms with van der Waals surface area (Å²) in [6, 6.07) is 14.6. The molecule has 6 rings (SSSR count). The van der Waals surface area contributed by atoms with Crippen molar-refractivity contribution in [2.45, 2.75) is 18.3 Å². The molecule has 1 aromatic heterocycles. The van der Waals surface area contributed by atoms with Gasteiger partial charge in [-0.3, -0.25) is 4.79 Å². The molecule has 4 heterocycles. The lowest BCUT2D eigenvalue weighted by Crippen LogP contribution is -2.48. The van der Waals surface area contributed by atoms with E-state index in [9.17, 15) is 14.9 Å². The molecule has 1 amide bonds. The fourth-order valence-electron chi connectivity index (χ4n) is 5.12. The van der Waals surface area contributed by atoms with Crippen molar-refractivity contribution < 1.29 is 13.9 Å². The minimum atomic E-state index is -1.67. The molecule has 7 nitrogen and oxygen atoms in total. The van der Waals surface area contributed by atoms with Gasteiger partial charge in [-0.25, -0.2) is 4.79 Å². The number of hydrogen-bond donors (Lipinski definition) is 1. The van der Waals surface area contributed by atoms with Crippen LogP contribution in [0.1, 0.15) is 23.1 Å². The highest BCUT2D eigenvalue weighted by Gasteiger charge is 2.61. The highest BCUT2D eigenvalue weighted by molar-refractivity contribution is 6.15. The molecule has 1 spiro atoms. The summed E-state index contributed by atoms with van der Waals surface area (Å²) in [4.78, 5) is 28.9. The zero-order valence-electron chi connectivity index (χ0n) is 15.8. The van der Waals surface area contributed by atoms with E-state index >= 15 is 0 Å². The summed E-state index contributed by atoms with van der Waals surface area (Å²) < 4.78 is 11.4.